The molecule has 31 heavy (non-hydrogen) atoms. The minimum absolute atomic E-state index is 0.265. The fourth-order valence-electron chi connectivity index (χ4n) is 3.37. The van der Waals surface area contributed by atoms with Crippen molar-refractivity contribution in [1.82, 2.24) is 10.2 Å². The average molecular weight is 446 g/mol. The summed E-state index contributed by atoms with van der Waals surface area (Å²) in [5.41, 5.74) is 0.357. The van der Waals surface area contributed by atoms with Crippen LogP contribution in [0.25, 0.3) is 0 Å². The average Bonchev–Trinajstić information content (AvgIpc) is 2.73. The van der Waals surface area contributed by atoms with Crippen molar-refractivity contribution in [3.05, 3.63) is 17.7 Å². The molecule has 10 heteroatoms. The summed E-state index contributed by atoms with van der Waals surface area (Å²) in [7, 11) is 0. The Balaban J connectivity index is 2.10. The molecule has 0 saturated carbocycles. The highest BCUT2D eigenvalue weighted by molar-refractivity contribution is 5.96. The number of ether oxygens (including phenoxy) is 3. The van der Waals surface area contributed by atoms with Gasteiger partial charge in [0.05, 0.1) is 19.8 Å². The van der Waals surface area contributed by atoms with Crippen molar-refractivity contribution in [2.24, 2.45) is 5.92 Å². The Hall–Kier alpha value is -2.65. The van der Waals surface area contributed by atoms with Crippen LogP contribution in [0.4, 0.5) is 13.2 Å². The second-order valence-corrected chi connectivity index (χ2v) is 7.00. The Bertz CT molecular complexity index is 735. The molecule has 2 amide bonds. The van der Waals surface area contributed by atoms with Crippen LogP contribution in [0.3, 0.4) is 0 Å². The maximum atomic E-state index is 13.0. The molecule has 1 aliphatic rings. The summed E-state index contributed by atoms with van der Waals surface area (Å²) in [5.74, 6) is -0.213. The summed E-state index contributed by atoms with van der Waals surface area (Å²) in [6, 6.07) is 3.20. The molecule has 1 fully saturated rings. The van der Waals surface area contributed by atoms with E-state index >= 15 is 0 Å². The molecule has 0 spiro atoms. The van der Waals surface area contributed by atoms with Crippen LogP contribution in [0.1, 0.15) is 44.0 Å². The SMILES string of the molecule is CCOc1cc(C(=O)N2CCC(C(=O)NCC(F)(F)F)CC2)cc(OCC)c1OCC. The van der Waals surface area contributed by atoms with Crippen LogP contribution in [-0.4, -0.2) is 62.3 Å². The predicted octanol–water partition coefficient (Wildman–Crippen LogP) is 3.41. The molecule has 1 aromatic carbocycles. The highest BCUT2D eigenvalue weighted by Crippen LogP contribution is 2.39. The van der Waals surface area contributed by atoms with Crippen molar-refractivity contribution >= 4 is 11.8 Å². The molecule has 1 aliphatic heterocycles. The smallest absolute Gasteiger partial charge is 0.405 e. The Labute approximate surface area is 179 Å². The number of nitrogens with one attached hydrogen (secondary N) is 1. The maximum absolute atomic E-state index is 13.0. The Kier molecular flexibility index (Phi) is 8.82. The fourth-order valence-corrected chi connectivity index (χ4v) is 3.37. The van der Waals surface area contributed by atoms with Gasteiger partial charge >= 0.3 is 6.18 Å². The normalized spacial score (nSPS) is 14.8. The molecule has 1 aromatic rings. The Morgan fingerprint density at radius 2 is 1.52 bits per heavy atom. The zero-order chi connectivity index (χ0) is 23.0. The first-order chi connectivity index (χ1) is 14.7. The van der Waals surface area contributed by atoms with Gasteiger partial charge in [0.2, 0.25) is 11.7 Å². The van der Waals surface area contributed by atoms with Gasteiger partial charge in [-0.3, -0.25) is 9.59 Å². The zero-order valence-electron chi connectivity index (χ0n) is 18.0. The van der Waals surface area contributed by atoms with Gasteiger partial charge in [-0.15, -0.1) is 0 Å². The molecule has 174 valence electrons. The summed E-state index contributed by atoms with van der Waals surface area (Å²) in [6.45, 7) is 5.81. The highest BCUT2D eigenvalue weighted by atomic mass is 19.4. The molecule has 0 aliphatic carbocycles. The van der Waals surface area contributed by atoms with Gasteiger partial charge in [0.1, 0.15) is 6.54 Å². The Morgan fingerprint density at radius 3 is 1.97 bits per heavy atom. The quantitative estimate of drug-likeness (QED) is 0.629. The number of piperidine rings is 1. The minimum atomic E-state index is -4.45. The number of alkyl halides is 3. The van der Waals surface area contributed by atoms with E-state index in [9.17, 15) is 22.8 Å². The van der Waals surface area contributed by atoms with Crippen LogP contribution in [0, 0.1) is 5.92 Å². The number of likely N-dealkylation sites (tertiary alicyclic amines) is 1. The summed E-state index contributed by atoms with van der Waals surface area (Å²) in [5, 5.41) is 1.91. The standard InChI is InChI=1S/C21H29F3N2O5/c1-4-29-16-11-15(12-17(30-5-2)18(16)31-6-3)20(28)26-9-7-14(8-10-26)19(27)25-13-21(22,23)24/h11-12,14H,4-10,13H2,1-3H3,(H,25,27). The third kappa shape index (κ3) is 6.93. The van der Waals surface area contributed by atoms with Crippen molar-refractivity contribution < 1.29 is 37.0 Å². The van der Waals surface area contributed by atoms with Gasteiger partial charge in [0.15, 0.2) is 11.5 Å². The van der Waals surface area contributed by atoms with Gasteiger partial charge in [-0.1, -0.05) is 0 Å². The molecule has 0 aromatic heterocycles. The van der Waals surface area contributed by atoms with E-state index in [1.165, 1.54) is 0 Å². The van der Waals surface area contributed by atoms with Crippen molar-refractivity contribution in [3.8, 4) is 17.2 Å². The molecule has 2 rings (SSSR count). The van der Waals surface area contributed by atoms with E-state index < -0.39 is 24.5 Å². The summed E-state index contributed by atoms with van der Waals surface area (Å²) in [6.07, 6.45) is -3.86. The lowest BCUT2D eigenvalue weighted by molar-refractivity contribution is -0.141. The first-order valence-corrected chi connectivity index (χ1v) is 10.4. The number of carbonyl (C=O) groups is 2. The molecular formula is C21H29F3N2O5. The highest BCUT2D eigenvalue weighted by Gasteiger charge is 2.32. The van der Waals surface area contributed by atoms with Crippen LogP contribution in [0.15, 0.2) is 12.1 Å². The lowest BCUT2D eigenvalue weighted by Gasteiger charge is -2.31. The monoisotopic (exact) mass is 446 g/mol. The molecule has 0 radical (unpaired) electrons. The van der Waals surface area contributed by atoms with E-state index in [1.54, 1.807) is 17.0 Å². The molecular weight excluding hydrogens is 417 g/mol. The lowest BCUT2D eigenvalue weighted by atomic mass is 9.95. The number of nitrogens with zero attached hydrogens (tertiary/aromatic N) is 1. The second kappa shape index (κ2) is 11.1. The van der Waals surface area contributed by atoms with Crippen molar-refractivity contribution in [1.29, 1.82) is 0 Å². The number of carbonyl (C=O) groups excluding carboxylic acids is 2. The minimum Gasteiger partial charge on any atom is -0.490 e. The van der Waals surface area contributed by atoms with E-state index in [1.807, 2.05) is 26.1 Å². The van der Waals surface area contributed by atoms with Gasteiger partial charge in [0.25, 0.3) is 5.91 Å². The number of benzene rings is 1. The lowest BCUT2D eigenvalue weighted by Crippen LogP contribution is -2.44. The molecule has 1 saturated heterocycles. The van der Waals surface area contributed by atoms with E-state index in [4.69, 9.17) is 14.2 Å². The van der Waals surface area contributed by atoms with Crippen LogP contribution >= 0.6 is 0 Å². The van der Waals surface area contributed by atoms with E-state index in [0.29, 0.717) is 55.5 Å². The van der Waals surface area contributed by atoms with Gasteiger partial charge in [-0.2, -0.15) is 13.2 Å². The van der Waals surface area contributed by atoms with Gasteiger partial charge < -0.3 is 24.4 Å². The van der Waals surface area contributed by atoms with Crippen molar-refractivity contribution in [2.75, 3.05) is 39.5 Å². The van der Waals surface area contributed by atoms with Gasteiger partial charge in [-0.05, 0) is 45.7 Å². The zero-order valence-corrected chi connectivity index (χ0v) is 18.0. The number of rotatable bonds is 9. The molecule has 1 N–H and O–H groups in total. The summed E-state index contributed by atoms with van der Waals surface area (Å²) >= 11 is 0. The van der Waals surface area contributed by atoms with E-state index in [-0.39, 0.29) is 19.0 Å². The van der Waals surface area contributed by atoms with Crippen LogP contribution in [0.2, 0.25) is 0 Å². The van der Waals surface area contributed by atoms with Crippen LogP contribution in [0.5, 0.6) is 17.2 Å². The summed E-state index contributed by atoms with van der Waals surface area (Å²) in [4.78, 5) is 26.6. The predicted molar refractivity (Wildman–Crippen MR) is 108 cm³/mol. The Morgan fingerprint density at radius 1 is 1.00 bits per heavy atom. The van der Waals surface area contributed by atoms with Crippen molar-refractivity contribution in [3.63, 3.8) is 0 Å². The number of halogens is 3. The van der Waals surface area contributed by atoms with Gasteiger partial charge in [0, 0.05) is 24.6 Å². The number of hydrogen-bond acceptors (Lipinski definition) is 5. The molecule has 0 bridgehead atoms. The molecule has 0 unspecified atom stereocenters. The third-order valence-electron chi connectivity index (χ3n) is 4.77. The van der Waals surface area contributed by atoms with E-state index in [0.717, 1.165) is 0 Å². The maximum Gasteiger partial charge on any atom is 0.405 e. The number of amides is 2. The number of hydrogen-bond donors (Lipinski definition) is 1. The fraction of sp³-hybridized carbons (Fsp3) is 0.619. The summed E-state index contributed by atoms with van der Waals surface area (Å²) < 4.78 is 53.8. The van der Waals surface area contributed by atoms with E-state index in [2.05, 4.69) is 0 Å². The molecule has 1 heterocycles. The van der Waals surface area contributed by atoms with Crippen molar-refractivity contribution in [2.45, 2.75) is 39.8 Å². The third-order valence-corrected chi connectivity index (χ3v) is 4.77. The second-order valence-electron chi connectivity index (χ2n) is 7.00. The van der Waals surface area contributed by atoms with Crippen LogP contribution in [-0.2, 0) is 4.79 Å². The van der Waals surface area contributed by atoms with Crippen LogP contribution < -0.4 is 19.5 Å². The largest absolute Gasteiger partial charge is 0.490 e. The topological polar surface area (TPSA) is 77.1 Å². The first kappa shape index (κ1) is 24.6. The molecule has 0 atom stereocenters. The van der Waals surface area contributed by atoms with Gasteiger partial charge in [-0.25, -0.2) is 0 Å². The molecule has 7 nitrogen and oxygen atoms in total. The first-order valence-electron chi connectivity index (χ1n) is 10.4.